The molecule has 2 rings (SSSR count). The Kier molecular flexibility index (Phi) is 3.84. The first-order valence-corrected chi connectivity index (χ1v) is 5.82. The quantitative estimate of drug-likeness (QED) is 0.626. The Morgan fingerprint density at radius 3 is 3.12 bits per heavy atom. The van der Waals surface area contributed by atoms with E-state index in [-0.39, 0.29) is 11.8 Å². The third-order valence-electron chi connectivity index (χ3n) is 2.01. The Labute approximate surface area is 101 Å². The number of hydrazine groups is 1. The van der Waals surface area contributed by atoms with E-state index in [1.54, 1.807) is 11.3 Å². The SMILES string of the molecule is NNc1ncc(F)c(OCCc2cccs2)n1. The monoisotopic (exact) mass is 254 g/mol. The average Bonchev–Trinajstić information content (AvgIpc) is 2.84. The Morgan fingerprint density at radius 1 is 1.53 bits per heavy atom. The molecule has 17 heavy (non-hydrogen) atoms. The predicted molar refractivity (Wildman–Crippen MR) is 63.3 cm³/mol. The maximum absolute atomic E-state index is 13.3. The number of nitrogens with two attached hydrogens (primary N) is 1. The zero-order valence-corrected chi connectivity index (χ0v) is 9.71. The van der Waals surface area contributed by atoms with E-state index >= 15 is 0 Å². The second-order valence-electron chi connectivity index (χ2n) is 3.17. The summed E-state index contributed by atoms with van der Waals surface area (Å²) in [6, 6.07) is 3.96. The van der Waals surface area contributed by atoms with Gasteiger partial charge in [-0.1, -0.05) is 6.07 Å². The van der Waals surface area contributed by atoms with Crippen molar-refractivity contribution in [2.75, 3.05) is 12.0 Å². The lowest BCUT2D eigenvalue weighted by atomic mass is 10.4. The molecule has 0 radical (unpaired) electrons. The summed E-state index contributed by atoms with van der Waals surface area (Å²) in [4.78, 5) is 8.56. The van der Waals surface area contributed by atoms with Crippen LogP contribution in [0.5, 0.6) is 5.88 Å². The second-order valence-corrected chi connectivity index (χ2v) is 4.20. The van der Waals surface area contributed by atoms with Crippen molar-refractivity contribution in [2.45, 2.75) is 6.42 Å². The smallest absolute Gasteiger partial charge is 0.255 e. The molecule has 7 heteroatoms. The molecule has 0 aliphatic heterocycles. The molecule has 0 spiro atoms. The zero-order valence-electron chi connectivity index (χ0n) is 8.89. The van der Waals surface area contributed by atoms with Crippen LogP contribution in [0.1, 0.15) is 4.88 Å². The highest BCUT2D eigenvalue weighted by Crippen LogP contribution is 2.15. The summed E-state index contributed by atoms with van der Waals surface area (Å²) in [7, 11) is 0. The summed E-state index contributed by atoms with van der Waals surface area (Å²) in [5.74, 6) is 4.55. The molecule has 0 atom stereocenters. The Morgan fingerprint density at radius 2 is 2.41 bits per heavy atom. The van der Waals surface area contributed by atoms with E-state index < -0.39 is 5.82 Å². The summed E-state index contributed by atoms with van der Waals surface area (Å²) >= 11 is 1.63. The van der Waals surface area contributed by atoms with Crippen molar-refractivity contribution in [2.24, 2.45) is 5.84 Å². The molecule has 0 saturated heterocycles. The number of rotatable bonds is 5. The molecular formula is C10H11FN4OS. The highest BCUT2D eigenvalue weighted by Gasteiger charge is 2.07. The van der Waals surface area contributed by atoms with Crippen LogP contribution < -0.4 is 16.0 Å². The minimum Gasteiger partial charge on any atom is -0.475 e. The van der Waals surface area contributed by atoms with Gasteiger partial charge in [0, 0.05) is 11.3 Å². The molecule has 90 valence electrons. The van der Waals surface area contributed by atoms with Crippen LogP contribution in [-0.4, -0.2) is 16.6 Å². The van der Waals surface area contributed by atoms with E-state index in [0.717, 1.165) is 6.20 Å². The number of nitrogens with zero attached hydrogens (tertiary/aromatic N) is 2. The van der Waals surface area contributed by atoms with Crippen molar-refractivity contribution >= 4 is 17.3 Å². The Hall–Kier alpha value is -1.73. The van der Waals surface area contributed by atoms with Crippen LogP contribution in [0.4, 0.5) is 10.3 Å². The molecule has 0 bridgehead atoms. The van der Waals surface area contributed by atoms with Crippen molar-refractivity contribution < 1.29 is 9.13 Å². The van der Waals surface area contributed by atoms with Crippen LogP contribution in [-0.2, 0) is 6.42 Å². The van der Waals surface area contributed by atoms with Gasteiger partial charge in [0.1, 0.15) is 0 Å². The standard InChI is InChI=1S/C10H11FN4OS/c11-8-6-13-10(15-12)14-9(8)16-4-3-7-2-1-5-17-7/h1-2,5-6H,3-4,12H2,(H,13,14,15). The largest absolute Gasteiger partial charge is 0.475 e. The number of nitrogens with one attached hydrogen (secondary N) is 1. The molecule has 0 aliphatic rings. The van der Waals surface area contributed by atoms with E-state index in [4.69, 9.17) is 10.6 Å². The highest BCUT2D eigenvalue weighted by atomic mass is 32.1. The van der Waals surface area contributed by atoms with Gasteiger partial charge in [-0.15, -0.1) is 11.3 Å². The van der Waals surface area contributed by atoms with Crippen LogP contribution >= 0.6 is 11.3 Å². The number of halogens is 1. The lowest BCUT2D eigenvalue weighted by Crippen LogP contribution is -2.12. The van der Waals surface area contributed by atoms with Gasteiger partial charge in [-0.25, -0.2) is 10.8 Å². The molecule has 0 aliphatic carbocycles. The van der Waals surface area contributed by atoms with Gasteiger partial charge in [0.2, 0.25) is 11.8 Å². The van der Waals surface area contributed by atoms with Crippen molar-refractivity contribution in [1.82, 2.24) is 9.97 Å². The van der Waals surface area contributed by atoms with Gasteiger partial charge in [-0.3, -0.25) is 5.43 Å². The maximum atomic E-state index is 13.3. The molecule has 5 nitrogen and oxygen atoms in total. The van der Waals surface area contributed by atoms with Crippen LogP contribution in [0.15, 0.2) is 23.7 Å². The molecule has 2 aromatic heterocycles. The first kappa shape index (κ1) is 11.7. The molecule has 0 amide bonds. The van der Waals surface area contributed by atoms with Crippen molar-refractivity contribution in [1.29, 1.82) is 0 Å². The minimum atomic E-state index is -0.602. The molecule has 0 saturated carbocycles. The zero-order chi connectivity index (χ0) is 12.1. The molecule has 2 heterocycles. The van der Waals surface area contributed by atoms with E-state index in [2.05, 4.69) is 15.4 Å². The van der Waals surface area contributed by atoms with Gasteiger partial charge in [0.25, 0.3) is 5.88 Å². The van der Waals surface area contributed by atoms with Gasteiger partial charge in [0.15, 0.2) is 0 Å². The summed E-state index contributed by atoms with van der Waals surface area (Å²) in [6.45, 7) is 0.360. The lowest BCUT2D eigenvalue weighted by molar-refractivity contribution is 0.292. The Balaban J connectivity index is 1.94. The van der Waals surface area contributed by atoms with Gasteiger partial charge in [0.05, 0.1) is 12.8 Å². The summed E-state index contributed by atoms with van der Waals surface area (Å²) in [6.07, 6.45) is 1.73. The highest BCUT2D eigenvalue weighted by molar-refractivity contribution is 7.09. The van der Waals surface area contributed by atoms with Crippen molar-refractivity contribution in [3.05, 3.63) is 34.4 Å². The van der Waals surface area contributed by atoms with Crippen molar-refractivity contribution in [3.8, 4) is 5.88 Å². The topological polar surface area (TPSA) is 73.1 Å². The van der Waals surface area contributed by atoms with Crippen molar-refractivity contribution in [3.63, 3.8) is 0 Å². The van der Waals surface area contributed by atoms with Crippen LogP contribution in [0.25, 0.3) is 0 Å². The fraction of sp³-hybridized carbons (Fsp3) is 0.200. The van der Waals surface area contributed by atoms with E-state index in [0.29, 0.717) is 13.0 Å². The van der Waals surface area contributed by atoms with Gasteiger partial charge >= 0.3 is 0 Å². The predicted octanol–water partition coefficient (Wildman–Crippen LogP) is 1.58. The molecule has 0 fully saturated rings. The summed E-state index contributed by atoms with van der Waals surface area (Å²) < 4.78 is 18.5. The number of aromatic nitrogens is 2. The van der Waals surface area contributed by atoms with E-state index in [1.165, 1.54) is 4.88 Å². The van der Waals surface area contributed by atoms with Gasteiger partial charge < -0.3 is 4.74 Å². The first-order chi connectivity index (χ1) is 8.29. The summed E-state index contributed by atoms with van der Waals surface area (Å²) in [5, 5.41) is 1.98. The third-order valence-corrected chi connectivity index (χ3v) is 2.94. The fourth-order valence-corrected chi connectivity index (χ4v) is 1.92. The lowest BCUT2D eigenvalue weighted by Gasteiger charge is -2.06. The number of thiophene rings is 1. The number of hydrogen-bond acceptors (Lipinski definition) is 6. The average molecular weight is 254 g/mol. The van der Waals surface area contributed by atoms with Crippen LogP contribution in [0.2, 0.25) is 0 Å². The summed E-state index contributed by atoms with van der Waals surface area (Å²) in [5.41, 5.74) is 2.23. The fourth-order valence-electron chi connectivity index (χ4n) is 1.23. The molecule has 0 aromatic carbocycles. The minimum absolute atomic E-state index is 0.0930. The van der Waals surface area contributed by atoms with Crippen LogP contribution in [0.3, 0.4) is 0 Å². The number of hydrogen-bond donors (Lipinski definition) is 2. The number of anilines is 1. The molecule has 2 aromatic rings. The van der Waals surface area contributed by atoms with E-state index in [9.17, 15) is 4.39 Å². The molecule has 3 N–H and O–H groups in total. The third kappa shape index (κ3) is 3.11. The second kappa shape index (κ2) is 5.55. The molecular weight excluding hydrogens is 243 g/mol. The van der Waals surface area contributed by atoms with Crippen LogP contribution in [0, 0.1) is 5.82 Å². The Bertz CT molecular complexity index is 477. The molecule has 0 unspecified atom stereocenters. The maximum Gasteiger partial charge on any atom is 0.255 e. The first-order valence-electron chi connectivity index (χ1n) is 4.94. The number of ether oxygens (including phenoxy) is 1. The number of nitrogen functional groups attached to an aromatic ring is 1. The van der Waals surface area contributed by atoms with Gasteiger partial charge in [-0.2, -0.15) is 9.37 Å². The van der Waals surface area contributed by atoms with Gasteiger partial charge in [-0.05, 0) is 11.4 Å². The normalized spacial score (nSPS) is 10.2. The van der Waals surface area contributed by atoms with E-state index in [1.807, 2.05) is 17.5 Å².